The van der Waals surface area contributed by atoms with Gasteiger partial charge in [-0.2, -0.15) is 10.4 Å². The number of aryl methyl sites for hydroxylation is 1. The molecule has 0 saturated heterocycles. The summed E-state index contributed by atoms with van der Waals surface area (Å²) in [4.78, 5) is 4.00. The van der Waals surface area contributed by atoms with Crippen molar-refractivity contribution in [1.82, 2.24) is 14.8 Å². The summed E-state index contributed by atoms with van der Waals surface area (Å²) in [6.45, 7) is 0.490. The van der Waals surface area contributed by atoms with Gasteiger partial charge >= 0.3 is 0 Å². The number of hydrogen-bond acceptors (Lipinski definition) is 3. The molecule has 1 heterocycles. The largest absolute Gasteiger partial charge is 0.251 e. The average Bonchev–Trinajstić information content (AvgIpc) is 3.14. The number of nitriles is 1. The molecule has 0 bridgehead atoms. The van der Waals surface area contributed by atoms with Crippen LogP contribution in [0.3, 0.4) is 0 Å². The summed E-state index contributed by atoms with van der Waals surface area (Å²) < 4.78 is 2.79. The van der Waals surface area contributed by atoms with Gasteiger partial charge in [0.1, 0.15) is 18.1 Å². The van der Waals surface area contributed by atoms with E-state index in [1.54, 1.807) is 11.0 Å². The van der Waals surface area contributed by atoms with E-state index in [-0.39, 0.29) is 0 Å². The first-order valence-electron chi connectivity index (χ1n) is 7.75. The molecule has 0 fully saturated rings. The lowest BCUT2D eigenvalue weighted by Crippen LogP contribution is -2.31. The molecular formula is C19H17BrN4. The van der Waals surface area contributed by atoms with Gasteiger partial charge in [0.05, 0.1) is 12.6 Å². The molecule has 0 saturated carbocycles. The molecule has 2 aromatic carbocycles. The molecule has 3 rings (SSSR count). The summed E-state index contributed by atoms with van der Waals surface area (Å²) >= 11 is 3.46. The highest BCUT2D eigenvalue weighted by Crippen LogP contribution is 2.31. The summed E-state index contributed by atoms with van der Waals surface area (Å²) in [5, 5.41) is 14.2. The van der Waals surface area contributed by atoms with Crippen molar-refractivity contribution in [3.63, 3.8) is 0 Å². The maximum atomic E-state index is 10.0. The van der Waals surface area contributed by atoms with Gasteiger partial charge in [-0.3, -0.25) is 4.68 Å². The van der Waals surface area contributed by atoms with Crippen LogP contribution in [0.4, 0.5) is 0 Å². The van der Waals surface area contributed by atoms with Crippen molar-refractivity contribution >= 4 is 15.9 Å². The fourth-order valence-corrected chi connectivity index (χ4v) is 3.09. The number of halogens is 1. The van der Waals surface area contributed by atoms with Gasteiger partial charge in [-0.1, -0.05) is 58.4 Å². The molecule has 1 unspecified atom stereocenters. The molecular weight excluding hydrogens is 364 g/mol. The highest BCUT2D eigenvalue weighted by atomic mass is 79.9. The predicted molar refractivity (Wildman–Crippen MR) is 96.2 cm³/mol. The fraction of sp³-hybridized carbons (Fsp3) is 0.211. The van der Waals surface area contributed by atoms with Crippen molar-refractivity contribution in [2.75, 3.05) is 0 Å². The maximum Gasteiger partial charge on any atom is 0.137 e. The Bertz CT molecular complexity index is 807. The average molecular weight is 381 g/mol. The molecule has 1 aromatic heterocycles. The molecule has 0 aliphatic rings. The molecule has 4 nitrogen and oxygen atoms in total. The number of nitrogens with zero attached hydrogens (tertiary/aromatic N) is 4. The van der Waals surface area contributed by atoms with Crippen molar-refractivity contribution < 1.29 is 0 Å². The van der Waals surface area contributed by atoms with Crippen LogP contribution in [0.5, 0.6) is 0 Å². The van der Waals surface area contributed by atoms with E-state index in [0.717, 1.165) is 22.9 Å². The smallest absolute Gasteiger partial charge is 0.137 e. The van der Waals surface area contributed by atoms with Crippen LogP contribution in [0, 0.1) is 11.3 Å². The number of benzene rings is 2. The van der Waals surface area contributed by atoms with Crippen molar-refractivity contribution in [2.24, 2.45) is 0 Å². The lowest BCUT2D eigenvalue weighted by Gasteiger charge is -2.27. The van der Waals surface area contributed by atoms with Gasteiger partial charge in [-0.25, -0.2) is 4.98 Å². The van der Waals surface area contributed by atoms with Gasteiger partial charge in [-0.05, 0) is 36.1 Å². The summed E-state index contributed by atoms with van der Waals surface area (Å²) in [5.41, 5.74) is 1.59. The second-order valence-electron chi connectivity index (χ2n) is 5.78. The third-order valence-electron chi connectivity index (χ3n) is 4.19. The van der Waals surface area contributed by atoms with Gasteiger partial charge in [0.25, 0.3) is 0 Å². The SMILES string of the molecule is N#CC(CCc1ccc(Br)cc1)(Cn1cncn1)c1ccccc1. The third-order valence-corrected chi connectivity index (χ3v) is 4.72. The topological polar surface area (TPSA) is 54.5 Å². The van der Waals surface area contributed by atoms with Crippen LogP contribution in [-0.2, 0) is 18.4 Å². The highest BCUT2D eigenvalue weighted by Gasteiger charge is 2.33. The first kappa shape index (κ1) is 16.4. The Hall–Kier alpha value is -2.45. The van der Waals surface area contributed by atoms with E-state index in [9.17, 15) is 5.26 Å². The number of aromatic nitrogens is 3. The van der Waals surface area contributed by atoms with Crippen LogP contribution in [0.25, 0.3) is 0 Å². The molecule has 120 valence electrons. The van der Waals surface area contributed by atoms with E-state index in [0.29, 0.717) is 6.54 Å². The minimum absolute atomic E-state index is 0.490. The molecule has 0 aliphatic heterocycles. The quantitative estimate of drug-likeness (QED) is 0.645. The number of hydrogen-bond donors (Lipinski definition) is 0. The van der Waals surface area contributed by atoms with Crippen LogP contribution in [0.2, 0.25) is 0 Å². The Balaban J connectivity index is 1.89. The van der Waals surface area contributed by atoms with E-state index in [1.807, 2.05) is 42.5 Å². The van der Waals surface area contributed by atoms with E-state index in [4.69, 9.17) is 0 Å². The molecule has 5 heteroatoms. The Morgan fingerprint density at radius 2 is 1.83 bits per heavy atom. The minimum Gasteiger partial charge on any atom is -0.251 e. The zero-order valence-corrected chi connectivity index (χ0v) is 14.7. The van der Waals surface area contributed by atoms with Crippen molar-refractivity contribution in [1.29, 1.82) is 5.26 Å². The Morgan fingerprint density at radius 1 is 1.08 bits per heavy atom. The number of rotatable bonds is 6. The van der Waals surface area contributed by atoms with Gasteiger partial charge in [-0.15, -0.1) is 0 Å². The van der Waals surface area contributed by atoms with Gasteiger partial charge < -0.3 is 0 Å². The Kier molecular flexibility index (Phi) is 5.07. The summed E-state index contributed by atoms with van der Waals surface area (Å²) in [7, 11) is 0. The Labute approximate surface area is 149 Å². The van der Waals surface area contributed by atoms with Crippen LogP contribution in [-0.4, -0.2) is 14.8 Å². The van der Waals surface area contributed by atoms with Crippen molar-refractivity contribution in [2.45, 2.75) is 24.8 Å². The van der Waals surface area contributed by atoms with Crippen LogP contribution >= 0.6 is 15.9 Å². The standard InChI is InChI=1S/C19H17BrN4/c20-18-8-6-16(7-9-18)10-11-19(12-21,13-24-15-22-14-23-24)17-4-2-1-3-5-17/h1-9,14-15H,10-11,13H2. The predicted octanol–water partition coefficient (Wildman–Crippen LogP) is 4.13. The minimum atomic E-state index is -0.637. The first-order valence-corrected chi connectivity index (χ1v) is 8.55. The monoisotopic (exact) mass is 380 g/mol. The Morgan fingerprint density at radius 3 is 2.46 bits per heavy atom. The van der Waals surface area contributed by atoms with E-state index < -0.39 is 5.41 Å². The molecule has 0 radical (unpaired) electrons. The summed E-state index contributed by atoms with van der Waals surface area (Å²) in [6, 6.07) is 20.7. The normalized spacial score (nSPS) is 13.2. The van der Waals surface area contributed by atoms with Gasteiger partial charge in [0.15, 0.2) is 0 Å². The van der Waals surface area contributed by atoms with Gasteiger partial charge in [0.2, 0.25) is 0 Å². The lowest BCUT2D eigenvalue weighted by atomic mass is 9.77. The second kappa shape index (κ2) is 7.41. The second-order valence-corrected chi connectivity index (χ2v) is 6.70. The molecule has 0 aliphatic carbocycles. The molecule has 24 heavy (non-hydrogen) atoms. The van der Waals surface area contributed by atoms with Crippen LogP contribution < -0.4 is 0 Å². The van der Waals surface area contributed by atoms with Crippen molar-refractivity contribution in [3.8, 4) is 6.07 Å². The molecule has 0 N–H and O–H groups in total. The maximum absolute atomic E-state index is 10.0. The van der Waals surface area contributed by atoms with Crippen LogP contribution in [0.15, 0.2) is 71.7 Å². The first-order chi connectivity index (χ1) is 11.7. The van der Waals surface area contributed by atoms with Crippen LogP contribution in [0.1, 0.15) is 17.5 Å². The molecule has 3 aromatic rings. The summed E-state index contributed by atoms with van der Waals surface area (Å²) in [6.07, 6.45) is 4.70. The molecule has 1 atom stereocenters. The summed E-state index contributed by atoms with van der Waals surface area (Å²) in [5.74, 6) is 0. The molecule has 0 spiro atoms. The van der Waals surface area contributed by atoms with Crippen molar-refractivity contribution in [3.05, 3.63) is 82.9 Å². The third kappa shape index (κ3) is 3.72. The molecule has 0 amide bonds. The zero-order chi connectivity index (χ0) is 16.8. The van der Waals surface area contributed by atoms with E-state index in [2.05, 4.69) is 44.2 Å². The van der Waals surface area contributed by atoms with Gasteiger partial charge in [0, 0.05) is 4.47 Å². The van der Waals surface area contributed by atoms with E-state index >= 15 is 0 Å². The zero-order valence-electron chi connectivity index (χ0n) is 13.1. The lowest BCUT2D eigenvalue weighted by molar-refractivity contribution is 0.402. The highest BCUT2D eigenvalue weighted by molar-refractivity contribution is 9.10. The van der Waals surface area contributed by atoms with E-state index in [1.165, 1.54) is 11.9 Å². The fourth-order valence-electron chi connectivity index (χ4n) is 2.83.